The highest BCUT2D eigenvalue weighted by Crippen LogP contribution is 2.25. The number of benzene rings is 1. The van der Waals surface area contributed by atoms with Crippen molar-refractivity contribution in [2.45, 2.75) is 31.1 Å². The molecule has 78 valence electrons. The predicted molar refractivity (Wildman–Crippen MR) is 63.7 cm³/mol. The summed E-state index contributed by atoms with van der Waals surface area (Å²) in [5, 5.41) is 0.691. The summed E-state index contributed by atoms with van der Waals surface area (Å²) in [6, 6.07) is 5.47. The van der Waals surface area contributed by atoms with E-state index in [9.17, 15) is 0 Å². The monoisotopic (exact) mass is 230 g/mol. The van der Waals surface area contributed by atoms with Crippen molar-refractivity contribution in [3.63, 3.8) is 0 Å². The molecule has 0 radical (unpaired) electrons. The van der Waals surface area contributed by atoms with Crippen molar-refractivity contribution in [3.05, 3.63) is 23.2 Å². The predicted octanol–water partition coefficient (Wildman–Crippen LogP) is 4.20. The van der Waals surface area contributed by atoms with Gasteiger partial charge in [-0.1, -0.05) is 31.4 Å². The number of unbranched alkanes of at least 4 members (excludes halogenated alkanes) is 2. The highest BCUT2D eigenvalue weighted by atomic mass is 35.5. The van der Waals surface area contributed by atoms with Crippen molar-refractivity contribution in [1.29, 1.82) is 0 Å². The maximum absolute atomic E-state index is 5.80. The molecule has 0 N–H and O–H groups in total. The van der Waals surface area contributed by atoms with E-state index >= 15 is 0 Å². The number of ether oxygens (including phenoxy) is 1. The Bertz CT molecular complexity index is 289. The van der Waals surface area contributed by atoms with Gasteiger partial charge in [-0.3, -0.25) is 0 Å². The van der Waals surface area contributed by atoms with Gasteiger partial charge in [-0.25, -0.2) is 0 Å². The van der Waals surface area contributed by atoms with Crippen LogP contribution in [0.5, 0.6) is 5.75 Å². The SMILES string of the molecule is CCCCCOc1ccc(Cl)cc1S. The first-order valence-electron chi connectivity index (χ1n) is 4.85. The van der Waals surface area contributed by atoms with Gasteiger partial charge < -0.3 is 4.74 Å². The Hall–Kier alpha value is -0.340. The average molecular weight is 231 g/mol. The van der Waals surface area contributed by atoms with Gasteiger partial charge in [0.15, 0.2) is 0 Å². The first kappa shape index (κ1) is 11.7. The molecule has 0 heterocycles. The minimum atomic E-state index is 0.691. The smallest absolute Gasteiger partial charge is 0.132 e. The lowest BCUT2D eigenvalue weighted by atomic mass is 10.3. The normalized spacial score (nSPS) is 10.2. The Kier molecular flexibility index (Phi) is 5.20. The molecule has 0 spiro atoms. The van der Waals surface area contributed by atoms with Crippen LogP contribution in [0.3, 0.4) is 0 Å². The molecule has 0 saturated carbocycles. The van der Waals surface area contributed by atoms with Crippen LogP contribution in [0.15, 0.2) is 23.1 Å². The summed E-state index contributed by atoms with van der Waals surface area (Å²) in [6.45, 7) is 2.93. The van der Waals surface area contributed by atoms with Crippen molar-refractivity contribution in [1.82, 2.24) is 0 Å². The summed E-state index contributed by atoms with van der Waals surface area (Å²) in [5.74, 6) is 0.814. The summed E-state index contributed by atoms with van der Waals surface area (Å²) >= 11 is 10.1. The Balaban J connectivity index is 2.42. The molecule has 0 amide bonds. The molecule has 3 heteroatoms. The molecular formula is C11H15ClOS. The molecule has 0 fully saturated rings. The van der Waals surface area contributed by atoms with Crippen LogP contribution < -0.4 is 4.74 Å². The van der Waals surface area contributed by atoms with E-state index in [2.05, 4.69) is 19.6 Å². The Morgan fingerprint density at radius 3 is 2.79 bits per heavy atom. The fourth-order valence-corrected chi connectivity index (χ4v) is 1.67. The molecule has 1 nitrogen and oxygen atoms in total. The molecule has 1 aromatic rings. The lowest BCUT2D eigenvalue weighted by Crippen LogP contribution is -1.97. The van der Waals surface area contributed by atoms with Gasteiger partial charge in [0, 0.05) is 9.92 Å². The van der Waals surface area contributed by atoms with Crippen molar-refractivity contribution < 1.29 is 4.74 Å². The number of rotatable bonds is 5. The van der Waals surface area contributed by atoms with Gasteiger partial charge in [0.05, 0.1) is 6.61 Å². The van der Waals surface area contributed by atoms with E-state index in [1.807, 2.05) is 12.1 Å². The van der Waals surface area contributed by atoms with Crippen LogP contribution in [0.25, 0.3) is 0 Å². The number of hydrogen-bond donors (Lipinski definition) is 1. The van der Waals surface area contributed by atoms with Gasteiger partial charge in [-0.05, 0) is 24.6 Å². The van der Waals surface area contributed by atoms with Crippen molar-refractivity contribution in [2.75, 3.05) is 6.61 Å². The van der Waals surface area contributed by atoms with Crippen LogP contribution >= 0.6 is 24.2 Å². The van der Waals surface area contributed by atoms with Crippen LogP contribution in [-0.4, -0.2) is 6.61 Å². The average Bonchev–Trinajstić information content (AvgIpc) is 2.15. The summed E-state index contributed by atoms with van der Waals surface area (Å²) in [4.78, 5) is 0.800. The van der Waals surface area contributed by atoms with Gasteiger partial charge in [-0.15, -0.1) is 12.6 Å². The summed E-state index contributed by atoms with van der Waals surface area (Å²) in [5.41, 5.74) is 0. The largest absolute Gasteiger partial charge is 0.492 e. The lowest BCUT2D eigenvalue weighted by molar-refractivity contribution is 0.299. The van der Waals surface area contributed by atoms with E-state index in [4.69, 9.17) is 16.3 Å². The molecule has 0 aliphatic carbocycles. The Morgan fingerprint density at radius 1 is 1.36 bits per heavy atom. The lowest BCUT2D eigenvalue weighted by Gasteiger charge is -2.07. The summed E-state index contributed by atoms with van der Waals surface area (Å²) in [6.07, 6.45) is 3.50. The number of hydrogen-bond acceptors (Lipinski definition) is 2. The fraction of sp³-hybridized carbons (Fsp3) is 0.455. The number of halogens is 1. The van der Waals surface area contributed by atoms with Crippen LogP contribution in [-0.2, 0) is 0 Å². The standard InChI is InChI=1S/C11H15ClOS/c1-2-3-4-7-13-10-6-5-9(12)8-11(10)14/h5-6,8,14H,2-4,7H2,1H3. The van der Waals surface area contributed by atoms with Crippen LogP contribution in [0.4, 0.5) is 0 Å². The van der Waals surface area contributed by atoms with E-state index in [0.29, 0.717) is 5.02 Å². The van der Waals surface area contributed by atoms with Crippen LogP contribution in [0, 0.1) is 0 Å². The van der Waals surface area contributed by atoms with Gasteiger partial charge in [0.1, 0.15) is 5.75 Å². The zero-order valence-corrected chi connectivity index (χ0v) is 9.94. The molecule has 0 bridgehead atoms. The molecular weight excluding hydrogens is 216 g/mol. The number of thiol groups is 1. The maximum Gasteiger partial charge on any atom is 0.132 e. The molecule has 0 aliphatic heterocycles. The zero-order valence-electron chi connectivity index (χ0n) is 8.29. The quantitative estimate of drug-likeness (QED) is 0.589. The highest BCUT2D eigenvalue weighted by Gasteiger charge is 2.00. The Labute approximate surface area is 95.8 Å². The molecule has 0 atom stereocenters. The van der Waals surface area contributed by atoms with Crippen molar-refractivity contribution in [3.8, 4) is 5.75 Å². The first-order valence-corrected chi connectivity index (χ1v) is 5.68. The van der Waals surface area contributed by atoms with E-state index in [-0.39, 0.29) is 0 Å². The van der Waals surface area contributed by atoms with E-state index in [1.165, 1.54) is 12.8 Å². The third-order valence-corrected chi connectivity index (χ3v) is 2.51. The Morgan fingerprint density at radius 2 is 2.14 bits per heavy atom. The minimum absolute atomic E-state index is 0.691. The molecule has 0 unspecified atom stereocenters. The van der Waals surface area contributed by atoms with Crippen molar-refractivity contribution >= 4 is 24.2 Å². The third-order valence-electron chi connectivity index (χ3n) is 1.93. The third kappa shape index (κ3) is 3.81. The summed E-state index contributed by atoms with van der Waals surface area (Å²) < 4.78 is 5.56. The second-order valence-corrected chi connectivity index (χ2v) is 4.09. The zero-order chi connectivity index (χ0) is 10.4. The van der Waals surface area contributed by atoms with Crippen molar-refractivity contribution in [2.24, 2.45) is 0 Å². The van der Waals surface area contributed by atoms with E-state index in [1.54, 1.807) is 6.07 Å². The molecule has 14 heavy (non-hydrogen) atoms. The molecule has 1 rings (SSSR count). The maximum atomic E-state index is 5.80. The minimum Gasteiger partial charge on any atom is -0.492 e. The molecule has 0 aromatic heterocycles. The highest BCUT2D eigenvalue weighted by molar-refractivity contribution is 7.80. The van der Waals surface area contributed by atoms with E-state index in [0.717, 1.165) is 23.7 Å². The van der Waals surface area contributed by atoms with Gasteiger partial charge in [0.2, 0.25) is 0 Å². The molecule has 1 aromatic carbocycles. The molecule has 0 saturated heterocycles. The second-order valence-electron chi connectivity index (χ2n) is 3.17. The van der Waals surface area contributed by atoms with Gasteiger partial charge >= 0.3 is 0 Å². The second kappa shape index (κ2) is 6.20. The topological polar surface area (TPSA) is 9.23 Å². The first-order chi connectivity index (χ1) is 6.74. The molecule has 0 aliphatic rings. The van der Waals surface area contributed by atoms with Crippen LogP contribution in [0.2, 0.25) is 5.02 Å². The fourth-order valence-electron chi connectivity index (χ4n) is 1.15. The van der Waals surface area contributed by atoms with E-state index < -0.39 is 0 Å². The van der Waals surface area contributed by atoms with Crippen LogP contribution in [0.1, 0.15) is 26.2 Å². The van der Waals surface area contributed by atoms with Gasteiger partial charge in [0.25, 0.3) is 0 Å². The summed E-state index contributed by atoms with van der Waals surface area (Å²) in [7, 11) is 0. The van der Waals surface area contributed by atoms with Gasteiger partial charge in [-0.2, -0.15) is 0 Å².